The van der Waals surface area contributed by atoms with Crippen molar-refractivity contribution in [2.45, 2.75) is 18.9 Å². The van der Waals surface area contributed by atoms with Gasteiger partial charge in [-0.1, -0.05) is 0 Å². The van der Waals surface area contributed by atoms with E-state index in [-0.39, 0.29) is 18.4 Å². The average Bonchev–Trinajstić information content (AvgIpc) is 1.84. The van der Waals surface area contributed by atoms with Crippen molar-refractivity contribution in [3.63, 3.8) is 0 Å². The molecule has 0 aromatic heterocycles. The van der Waals surface area contributed by atoms with Gasteiger partial charge in [0.25, 0.3) is 0 Å². The minimum atomic E-state index is -1.08. The molecule has 0 aromatic rings. The zero-order valence-corrected chi connectivity index (χ0v) is 6.88. The van der Waals surface area contributed by atoms with Crippen LogP contribution in [0.15, 0.2) is 0 Å². The van der Waals surface area contributed by atoms with Crippen LogP contribution in [0.2, 0.25) is 0 Å². The summed E-state index contributed by atoms with van der Waals surface area (Å²) in [5.41, 5.74) is 13.9. The van der Waals surface area contributed by atoms with Gasteiger partial charge in [0.1, 0.15) is 0 Å². The molecule has 0 amide bonds. The molecule has 8 N–H and O–H groups in total. The van der Waals surface area contributed by atoms with E-state index in [0.29, 0.717) is 13.0 Å². The zero-order valence-electron chi connectivity index (χ0n) is 6.88. The van der Waals surface area contributed by atoms with Crippen LogP contribution in [0.25, 0.3) is 0 Å². The Kier molecular flexibility index (Phi) is 4.78. The predicted molar refractivity (Wildman–Crippen MR) is 40.1 cm³/mol. The molecule has 0 aromatic carbocycles. The van der Waals surface area contributed by atoms with Crippen molar-refractivity contribution in [2.24, 2.45) is 11.5 Å². The summed E-state index contributed by atoms with van der Waals surface area (Å²) in [6, 6.07) is -0.165. The number of hydrogen-bond donors (Lipinski definition) is 4. The van der Waals surface area contributed by atoms with Crippen molar-refractivity contribution in [1.82, 2.24) is 0 Å². The Morgan fingerprint density at radius 2 is 2.17 bits per heavy atom. The van der Waals surface area contributed by atoms with E-state index in [1.54, 1.807) is 0 Å². The van der Waals surface area contributed by atoms with Crippen LogP contribution >= 0.6 is 0 Å². The first-order valence-corrected chi connectivity index (χ1v) is 3.67. The van der Waals surface area contributed by atoms with Crippen molar-refractivity contribution in [1.29, 1.82) is 0 Å². The van der Waals surface area contributed by atoms with E-state index in [1.165, 1.54) is 0 Å². The minimum absolute atomic E-state index is 0.0356. The Morgan fingerprint density at radius 3 is 2.58 bits per heavy atom. The van der Waals surface area contributed by atoms with Crippen LogP contribution in [0.4, 0.5) is 0 Å². The van der Waals surface area contributed by atoms with Crippen LogP contribution < -0.4 is 27.3 Å². The van der Waals surface area contributed by atoms with Crippen molar-refractivity contribution in [3.8, 4) is 0 Å². The molecule has 0 rings (SSSR count). The molecular formula is C6H15N4O2+. The maximum absolute atomic E-state index is 10.1. The van der Waals surface area contributed by atoms with Crippen LogP contribution in [0.3, 0.4) is 0 Å². The van der Waals surface area contributed by atoms with E-state index in [0.717, 1.165) is 0 Å². The summed E-state index contributed by atoms with van der Waals surface area (Å²) in [5.74, 6) is -0.949. The predicted octanol–water partition coefficient (Wildman–Crippen LogP) is -5.52. The van der Waals surface area contributed by atoms with Crippen LogP contribution in [0.5, 0.6) is 0 Å². The van der Waals surface area contributed by atoms with Crippen molar-refractivity contribution in [2.75, 3.05) is 6.54 Å². The highest BCUT2D eigenvalue weighted by atomic mass is 16.4. The third-order valence-corrected chi connectivity index (χ3v) is 1.34. The lowest BCUT2D eigenvalue weighted by Gasteiger charge is -2.06. The molecule has 12 heavy (non-hydrogen) atoms. The molecule has 0 spiro atoms. The number of carbonyl (C=O) groups is 1. The molecule has 1 atom stereocenters. The molecule has 0 saturated carbocycles. The van der Waals surface area contributed by atoms with E-state index in [9.17, 15) is 9.90 Å². The molecule has 0 unspecified atom stereocenters. The molecule has 0 aliphatic carbocycles. The second kappa shape index (κ2) is 5.36. The number of nitrogens with two attached hydrogens (primary N) is 2. The quantitative estimate of drug-likeness (QED) is 0.245. The lowest BCUT2D eigenvalue weighted by molar-refractivity contribution is -0.483. The number of nitrogens with one attached hydrogen (secondary N) is 1. The highest BCUT2D eigenvalue weighted by Crippen LogP contribution is 1.86. The first-order valence-electron chi connectivity index (χ1n) is 3.67. The summed E-state index contributed by atoms with van der Waals surface area (Å²) in [6.45, 7) is 0.532. The van der Waals surface area contributed by atoms with Gasteiger partial charge in [0.15, 0.2) is 0 Å². The third-order valence-electron chi connectivity index (χ3n) is 1.34. The van der Waals surface area contributed by atoms with Gasteiger partial charge >= 0.3 is 5.96 Å². The standard InChI is InChI=1S/C6H14N4O2/c7-4(3-5(11)12)1-2-10-6(8)9/h4H,1-3,7H2,(H,11,12)(H4,8,9,10)/p+1/t4-/m1/s1. The summed E-state index contributed by atoms with van der Waals surface area (Å²) in [6.07, 6.45) is 0.567. The van der Waals surface area contributed by atoms with Gasteiger partial charge in [-0.3, -0.25) is 16.5 Å². The number of carboxylic acids is 1. The minimum Gasteiger partial charge on any atom is -0.550 e. The Labute approximate surface area is 70.4 Å². The highest BCUT2D eigenvalue weighted by Gasteiger charge is 2.05. The first kappa shape index (κ1) is 10.7. The second-order valence-electron chi connectivity index (χ2n) is 2.61. The zero-order chi connectivity index (χ0) is 9.56. The van der Waals surface area contributed by atoms with Crippen LogP contribution in [0.1, 0.15) is 12.8 Å². The molecule has 0 saturated heterocycles. The van der Waals surface area contributed by atoms with Gasteiger partial charge in [-0.2, -0.15) is 0 Å². The summed E-state index contributed by atoms with van der Waals surface area (Å²) in [4.78, 5) is 12.7. The summed E-state index contributed by atoms with van der Waals surface area (Å²) < 4.78 is 0. The fourth-order valence-corrected chi connectivity index (χ4v) is 0.758. The van der Waals surface area contributed by atoms with Crippen LogP contribution in [-0.4, -0.2) is 24.5 Å². The molecule has 6 nitrogen and oxygen atoms in total. The Balaban J connectivity index is 3.50. The van der Waals surface area contributed by atoms with Gasteiger partial charge in [-0.25, -0.2) is 0 Å². The number of carboxylic acid groups (broad SMARTS) is 1. The monoisotopic (exact) mass is 175 g/mol. The molecule has 0 fully saturated rings. The van der Waals surface area contributed by atoms with Gasteiger partial charge in [0.05, 0.1) is 12.6 Å². The van der Waals surface area contributed by atoms with Gasteiger partial charge in [0, 0.05) is 18.8 Å². The summed E-state index contributed by atoms with van der Waals surface area (Å²) in [7, 11) is 0. The van der Waals surface area contributed by atoms with E-state index in [2.05, 4.69) is 10.7 Å². The third kappa shape index (κ3) is 6.81. The van der Waals surface area contributed by atoms with Gasteiger partial charge in [-0.05, 0) is 0 Å². The Bertz CT molecular complexity index is 176. The van der Waals surface area contributed by atoms with E-state index >= 15 is 0 Å². The molecular weight excluding hydrogens is 160 g/mol. The maximum Gasteiger partial charge on any atom is 0.338 e. The molecule has 0 aliphatic heterocycles. The fourth-order valence-electron chi connectivity index (χ4n) is 0.758. The molecule has 0 aliphatic rings. The largest absolute Gasteiger partial charge is 0.550 e. The van der Waals surface area contributed by atoms with Crippen LogP contribution in [0, 0.1) is 0 Å². The van der Waals surface area contributed by atoms with Gasteiger partial charge < -0.3 is 15.6 Å². The van der Waals surface area contributed by atoms with Crippen LogP contribution in [-0.2, 0) is 4.79 Å². The number of hydrogen-bond acceptors (Lipinski definition) is 2. The second-order valence-corrected chi connectivity index (χ2v) is 2.61. The highest BCUT2D eigenvalue weighted by molar-refractivity contribution is 5.69. The van der Waals surface area contributed by atoms with Crippen molar-refractivity contribution >= 4 is 11.9 Å². The molecule has 0 bridgehead atoms. The SMILES string of the molecule is NC(N)=[NH+]CC[C@@H]([NH3+])CC(=O)[O-]. The molecule has 70 valence electrons. The van der Waals surface area contributed by atoms with Gasteiger partial charge in [0.2, 0.25) is 0 Å². The maximum atomic E-state index is 10.1. The molecule has 0 radical (unpaired) electrons. The Hall–Kier alpha value is -1.30. The summed E-state index contributed by atoms with van der Waals surface area (Å²) in [5, 5.41) is 10.1. The number of rotatable bonds is 5. The van der Waals surface area contributed by atoms with E-state index in [1.807, 2.05) is 0 Å². The van der Waals surface area contributed by atoms with E-state index in [4.69, 9.17) is 11.5 Å². The van der Waals surface area contributed by atoms with Crippen molar-refractivity contribution in [3.05, 3.63) is 0 Å². The van der Waals surface area contributed by atoms with E-state index < -0.39 is 5.97 Å². The first-order chi connectivity index (χ1) is 5.52. The van der Waals surface area contributed by atoms with Crippen molar-refractivity contribution < 1.29 is 20.6 Å². The topological polar surface area (TPSA) is 134 Å². The normalized spacial score (nSPS) is 12.1. The smallest absolute Gasteiger partial charge is 0.338 e. The lowest BCUT2D eigenvalue weighted by atomic mass is 10.1. The molecule has 6 heteroatoms. The van der Waals surface area contributed by atoms with Gasteiger partial charge in [-0.15, -0.1) is 0 Å². The number of carbonyl (C=O) groups excluding carboxylic acids is 1. The fraction of sp³-hybridized carbons (Fsp3) is 0.667. The Morgan fingerprint density at radius 1 is 1.58 bits per heavy atom. The summed E-state index contributed by atoms with van der Waals surface area (Å²) >= 11 is 0. The molecule has 0 heterocycles. The average molecular weight is 175 g/mol. The number of aliphatic carboxylic acids is 1. The number of quaternary nitrogens is 1. The lowest BCUT2D eigenvalue weighted by Crippen LogP contribution is -2.79. The number of guanidine groups is 1.